The van der Waals surface area contributed by atoms with Crippen molar-refractivity contribution in [1.82, 2.24) is 20.0 Å². The summed E-state index contributed by atoms with van der Waals surface area (Å²) < 4.78 is 1.56. The molecule has 0 atom stereocenters. The van der Waals surface area contributed by atoms with Crippen molar-refractivity contribution in [3.63, 3.8) is 0 Å². The van der Waals surface area contributed by atoms with E-state index in [0.717, 1.165) is 41.4 Å². The molecule has 0 saturated carbocycles. The molecule has 1 fully saturated rings. The van der Waals surface area contributed by atoms with Crippen LogP contribution in [0.2, 0.25) is 0 Å². The molecule has 0 spiro atoms. The van der Waals surface area contributed by atoms with Gasteiger partial charge >= 0.3 is 0 Å². The zero-order valence-electron chi connectivity index (χ0n) is 17.6. The number of thioether (sulfide) groups is 1. The van der Waals surface area contributed by atoms with Gasteiger partial charge in [-0.2, -0.15) is 5.10 Å². The Morgan fingerprint density at radius 1 is 0.968 bits per heavy atom. The number of rotatable bonds is 9. The summed E-state index contributed by atoms with van der Waals surface area (Å²) in [6.45, 7) is 3.89. The third-order valence-electron chi connectivity index (χ3n) is 5.57. The van der Waals surface area contributed by atoms with Crippen LogP contribution in [0, 0.1) is 0 Å². The quantitative estimate of drug-likeness (QED) is 0.522. The Balaban J connectivity index is 1.40. The standard InChI is InChI=1S/C24H28N4O2S/c29-23(12-17-31-19-8-2-1-3-9-19)25-18-22-20-10-4-5-11-21(20)24(30)28(26-22)16-15-27-13-6-7-14-27/h1-5,8-11H,6-7,12-18H2,(H,25,29). The summed E-state index contributed by atoms with van der Waals surface area (Å²) in [5.41, 5.74) is 0.671. The second-order valence-corrected chi connectivity index (χ2v) is 8.93. The Morgan fingerprint density at radius 2 is 1.68 bits per heavy atom. The van der Waals surface area contributed by atoms with Crippen molar-refractivity contribution in [2.75, 3.05) is 25.4 Å². The molecule has 7 heteroatoms. The molecule has 0 radical (unpaired) electrons. The smallest absolute Gasteiger partial charge is 0.274 e. The van der Waals surface area contributed by atoms with Crippen LogP contribution in [-0.2, 0) is 17.9 Å². The van der Waals surface area contributed by atoms with Gasteiger partial charge in [0.1, 0.15) is 0 Å². The van der Waals surface area contributed by atoms with E-state index in [0.29, 0.717) is 24.9 Å². The lowest BCUT2D eigenvalue weighted by atomic mass is 10.1. The normalized spacial score (nSPS) is 14.2. The van der Waals surface area contributed by atoms with Gasteiger partial charge in [-0.3, -0.25) is 9.59 Å². The van der Waals surface area contributed by atoms with Gasteiger partial charge in [0.25, 0.3) is 5.56 Å². The fourth-order valence-corrected chi connectivity index (χ4v) is 4.75. The maximum Gasteiger partial charge on any atom is 0.274 e. The molecule has 4 rings (SSSR count). The summed E-state index contributed by atoms with van der Waals surface area (Å²) in [5.74, 6) is 0.712. The Hall–Kier alpha value is -2.64. The SMILES string of the molecule is O=C(CCSc1ccccc1)NCc1nn(CCN2CCCC2)c(=O)c2ccccc12. The van der Waals surface area contributed by atoms with Crippen molar-refractivity contribution in [3.05, 3.63) is 70.6 Å². The molecule has 1 aliphatic rings. The van der Waals surface area contributed by atoms with Gasteiger partial charge in [-0.05, 0) is 44.1 Å². The van der Waals surface area contributed by atoms with E-state index in [1.165, 1.54) is 12.8 Å². The summed E-state index contributed by atoms with van der Waals surface area (Å²) in [6, 6.07) is 17.6. The van der Waals surface area contributed by atoms with Gasteiger partial charge in [-0.25, -0.2) is 4.68 Å². The van der Waals surface area contributed by atoms with Crippen molar-refractivity contribution in [2.45, 2.75) is 37.2 Å². The van der Waals surface area contributed by atoms with E-state index in [4.69, 9.17) is 0 Å². The van der Waals surface area contributed by atoms with Crippen LogP contribution >= 0.6 is 11.8 Å². The van der Waals surface area contributed by atoms with Crippen molar-refractivity contribution in [3.8, 4) is 0 Å². The van der Waals surface area contributed by atoms with E-state index in [2.05, 4.69) is 15.3 Å². The van der Waals surface area contributed by atoms with Crippen LogP contribution in [0.5, 0.6) is 0 Å². The van der Waals surface area contributed by atoms with Gasteiger partial charge in [0.15, 0.2) is 0 Å². The first-order valence-electron chi connectivity index (χ1n) is 10.9. The van der Waals surface area contributed by atoms with E-state index in [1.807, 2.05) is 54.6 Å². The number of amides is 1. The van der Waals surface area contributed by atoms with Crippen LogP contribution in [0.4, 0.5) is 0 Å². The minimum absolute atomic E-state index is 0.0101. The van der Waals surface area contributed by atoms with Crippen molar-refractivity contribution >= 4 is 28.4 Å². The van der Waals surface area contributed by atoms with Crippen LogP contribution in [0.15, 0.2) is 64.3 Å². The molecule has 1 aliphatic heterocycles. The van der Waals surface area contributed by atoms with E-state index in [9.17, 15) is 9.59 Å². The highest BCUT2D eigenvalue weighted by molar-refractivity contribution is 7.99. The van der Waals surface area contributed by atoms with Crippen molar-refractivity contribution < 1.29 is 4.79 Å². The largest absolute Gasteiger partial charge is 0.350 e. The summed E-state index contributed by atoms with van der Waals surface area (Å²) in [7, 11) is 0. The van der Waals surface area contributed by atoms with E-state index >= 15 is 0 Å². The first-order chi connectivity index (χ1) is 15.2. The van der Waals surface area contributed by atoms with E-state index in [-0.39, 0.29) is 11.5 Å². The number of aromatic nitrogens is 2. The molecule has 0 bridgehead atoms. The number of nitrogens with one attached hydrogen (secondary N) is 1. The summed E-state index contributed by atoms with van der Waals surface area (Å²) in [4.78, 5) is 28.8. The minimum Gasteiger partial charge on any atom is -0.350 e. The molecule has 2 heterocycles. The molecular weight excluding hydrogens is 408 g/mol. The zero-order chi connectivity index (χ0) is 21.5. The lowest BCUT2D eigenvalue weighted by Crippen LogP contribution is -2.32. The lowest BCUT2D eigenvalue weighted by molar-refractivity contribution is -0.120. The number of fused-ring (bicyclic) bond motifs is 1. The lowest BCUT2D eigenvalue weighted by Gasteiger charge is -2.16. The van der Waals surface area contributed by atoms with Gasteiger partial charge in [-0.15, -0.1) is 11.8 Å². The molecule has 1 saturated heterocycles. The Kier molecular flexibility index (Phi) is 7.38. The van der Waals surface area contributed by atoms with Crippen LogP contribution in [-0.4, -0.2) is 46.0 Å². The molecular formula is C24H28N4O2S. The predicted molar refractivity (Wildman–Crippen MR) is 125 cm³/mol. The van der Waals surface area contributed by atoms with Gasteiger partial charge in [0.2, 0.25) is 5.91 Å². The number of likely N-dealkylation sites (tertiary alicyclic amines) is 1. The number of hydrogen-bond donors (Lipinski definition) is 1. The van der Waals surface area contributed by atoms with Gasteiger partial charge < -0.3 is 10.2 Å². The van der Waals surface area contributed by atoms with Crippen LogP contribution < -0.4 is 10.9 Å². The molecule has 31 heavy (non-hydrogen) atoms. The van der Waals surface area contributed by atoms with Crippen LogP contribution in [0.3, 0.4) is 0 Å². The second-order valence-electron chi connectivity index (χ2n) is 7.76. The number of carbonyl (C=O) groups is 1. The Bertz CT molecular complexity index is 1080. The first kappa shape index (κ1) is 21.6. The molecule has 162 valence electrons. The molecule has 0 aliphatic carbocycles. The first-order valence-corrected chi connectivity index (χ1v) is 11.8. The third kappa shape index (κ3) is 5.74. The minimum atomic E-state index is -0.0656. The molecule has 1 N–H and O–H groups in total. The zero-order valence-corrected chi connectivity index (χ0v) is 18.4. The topological polar surface area (TPSA) is 67.2 Å². The molecule has 0 unspecified atom stereocenters. The fourth-order valence-electron chi connectivity index (χ4n) is 3.88. The maximum atomic E-state index is 12.9. The van der Waals surface area contributed by atoms with Gasteiger partial charge in [0.05, 0.1) is 24.2 Å². The Labute approximate surface area is 186 Å². The van der Waals surface area contributed by atoms with Crippen LogP contribution in [0.1, 0.15) is 25.0 Å². The number of nitrogens with zero attached hydrogens (tertiary/aromatic N) is 3. The predicted octanol–water partition coefficient (Wildman–Crippen LogP) is 3.29. The highest BCUT2D eigenvalue weighted by Gasteiger charge is 2.14. The molecule has 2 aromatic carbocycles. The molecule has 1 aromatic heterocycles. The molecule has 1 amide bonds. The van der Waals surface area contributed by atoms with Crippen molar-refractivity contribution in [1.29, 1.82) is 0 Å². The highest BCUT2D eigenvalue weighted by atomic mass is 32.2. The number of benzene rings is 2. The second kappa shape index (κ2) is 10.6. The monoisotopic (exact) mass is 436 g/mol. The third-order valence-corrected chi connectivity index (χ3v) is 6.58. The van der Waals surface area contributed by atoms with Gasteiger partial charge in [0, 0.05) is 29.0 Å². The van der Waals surface area contributed by atoms with Gasteiger partial charge in [-0.1, -0.05) is 36.4 Å². The van der Waals surface area contributed by atoms with E-state index in [1.54, 1.807) is 16.4 Å². The highest BCUT2D eigenvalue weighted by Crippen LogP contribution is 2.18. The van der Waals surface area contributed by atoms with Crippen LogP contribution in [0.25, 0.3) is 10.8 Å². The fraction of sp³-hybridized carbons (Fsp3) is 0.375. The summed E-state index contributed by atoms with van der Waals surface area (Å²) in [5, 5.41) is 9.06. The average molecular weight is 437 g/mol. The maximum absolute atomic E-state index is 12.9. The summed E-state index contributed by atoms with van der Waals surface area (Å²) >= 11 is 1.67. The Morgan fingerprint density at radius 3 is 2.45 bits per heavy atom. The molecule has 3 aromatic rings. The summed E-state index contributed by atoms with van der Waals surface area (Å²) in [6.07, 6.45) is 2.88. The average Bonchev–Trinajstić information content (AvgIpc) is 3.32. The number of carbonyl (C=O) groups excluding carboxylic acids is 1. The number of hydrogen-bond acceptors (Lipinski definition) is 5. The van der Waals surface area contributed by atoms with Crippen molar-refractivity contribution in [2.24, 2.45) is 0 Å². The molecule has 6 nitrogen and oxygen atoms in total. The van der Waals surface area contributed by atoms with E-state index < -0.39 is 0 Å².